The fraction of sp³-hybridized carbons (Fsp3) is 0.429. The van der Waals surface area contributed by atoms with Gasteiger partial charge in [-0.15, -0.1) is 5.10 Å². The van der Waals surface area contributed by atoms with Crippen LogP contribution in [0.4, 0.5) is 13.2 Å². The van der Waals surface area contributed by atoms with E-state index >= 15 is 0 Å². The summed E-state index contributed by atoms with van der Waals surface area (Å²) in [5, 5.41) is 4.00. The van der Waals surface area contributed by atoms with Crippen molar-refractivity contribution in [2.75, 3.05) is 6.73 Å². The summed E-state index contributed by atoms with van der Waals surface area (Å²) in [5.41, 5.74) is 2.26. The Balaban J connectivity index is 2.32. The van der Waals surface area contributed by atoms with E-state index in [0.29, 0.717) is 0 Å². The number of halogens is 3. The average Bonchev–Trinajstić information content (AvgIpc) is 2.69. The van der Waals surface area contributed by atoms with E-state index in [-0.39, 0.29) is 18.1 Å². The summed E-state index contributed by atoms with van der Waals surface area (Å²) < 4.78 is 37.5. The Hall–Kier alpha value is -1.57. The predicted molar refractivity (Wildman–Crippen MR) is 44.6 cm³/mol. The number of hydroxylamine groups is 2. The molecule has 81 valence electrons. The molecule has 0 saturated heterocycles. The maximum absolute atomic E-state index is 12.5. The Morgan fingerprint density at radius 1 is 1.47 bits per heavy atom. The van der Waals surface area contributed by atoms with Crippen LogP contribution in [0.15, 0.2) is 21.5 Å². The van der Waals surface area contributed by atoms with Crippen LogP contribution in [-0.2, 0) is 4.84 Å². The van der Waals surface area contributed by atoms with Crippen molar-refractivity contribution in [3.8, 4) is 0 Å². The van der Waals surface area contributed by atoms with Gasteiger partial charge < -0.3 is 0 Å². The molecule has 0 unspecified atom stereocenters. The van der Waals surface area contributed by atoms with Gasteiger partial charge in [0.2, 0.25) is 0 Å². The highest BCUT2D eigenvalue weighted by atomic mass is 19.4. The smallest absolute Gasteiger partial charge is 0.244 e. The molecule has 0 bridgehead atoms. The lowest BCUT2D eigenvalue weighted by Gasteiger charge is -2.16. The van der Waals surface area contributed by atoms with Crippen LogP contribution >= 0.6 is 0 Å². The zero-order valence-electron chi connectivity index (χ0n) is 7.62. The van der Waals surface area contributed by atoms with Crippen molar-refractivity contribution < 1.29 is 18.0 Å². The lowest BCUT2D eigenvalue weighted by molar-refractivity contribution is -0.0694. The van der Waals surface area contributed by atoms with E-state index in [9.17, 15) is 13.2 Å². The van der Waals surface area contributed by atoms with Crippen LogP contribution in [0.3, 0.4) is 0 Å². The second-order valence-electron chi connectivity index (χ2n) is 2.86. The van der Waals surface area contributed by atoms with Crippen LogP contribution in [0.1, 0.15) is 6.92 Å². The van der Waals surface area contributed by atoms with Crippen LogP contribution in [0.5, 0.6) is 0 Å². The van der Waals surface area contributed by atoms with Gasteiger partial charge in [0, 0.05) is 0 Å². The molecule has 0 atom stereocenters. The van der Waals surface area contributed by atoms with Gasteiger partial charge in [0.05, 0.1) is 5.70 Å². The molecule has 0 fully saturated rings. The summed E-state index contributed by atoms with van der Waals surface area (Å²) in [5.74, 6) is 0. The largest absolute Gasteiger partial charge is 0.437 e. The van der Waals surface area contributed by atoms with Crippen molar-refractivity contribution in [1.29, 1.82) is 0 Å². The number of aliphatic imine (C=N–C) groups is 1. The SMILES string of the molecule is CC1=C(N2C=NCO2)C(C(F)(F)F)=N[N]1. The van der Waals surface area contributed by atoms with E-state index in [1.807, 2.05) is 0 Å². The monoisotopic (exact) mass is 219 g/mol. The Morgan fingerprint density at radius 3 is 2.73 bits per heavy atom. The lowest BCUT2D eigenvalue weighted by atomic mass is 10.2. The van der Waals surface area contributed by atoms with Crippen molar-refractivity contribution in [2.45, 2.75) is 13.1 Å². The van der Waals surface area contributed by atoms with Gasteiger partial charge in [-0.25, -0.2) is 14.9 Å². The first-order valence-electron chi connectivity index (χ1n) is 3.99. The first-order valence-corrected chi connectivity index (χ1v) is 3.99. The average molecular weight is 219 g/mol. The van der Waals surface area contributed by atoms with Crippen molar-refractivity contribution in [3.63, 3.8) is 0 Å². The Morgan fingerprint density at radius 2 is 2.20 bits per heavy atom. The molecule has 0 N–H and O–H groups in total. The Kier molecular flexibility index (Phi) is 2.14. The van der Waals surface area contributed by atoms with E-state index in [0.717, 1.165) is 5.06 Å². The van der Waals surface area contributed by atoms with Crippen LogP contribution in [0.2, 0.25) is 0 Å². The van der Waals surface area contributed by atoms with Gasteiger partial charge >= 0.3 is 6.18 Å². The van der Waals surface area contributed by atoms with E-state index in [2.05, 4.69) is 15.5 Å². The minimum absolute atomic E-state index is 0.00190. The number of allylic oxidation sites excluding steroid dienone is 2. The zero-order chi connectivity index (χ0) is 11.1. The predicted octanol–water partition coefficient (Wildman–Crippen LogP) is 0.987. The maximum atomic E-state index is 12.5. The Bertz CT molecular complexity index is 371. The molecule has 2 rings (SSSR count). The fourth-order valence-electron chi connectivity index (χ4n) is 1.20. The molecule has 0 aromatic heterocycles. The van der Waals surface area contributed by atoms with E-state index in [4.69, 9.17) is 4.84 Å². The molecule has 0 aliphatic carbocycles. The summed E-state index contributed by atoms with van der Waals surface area (Å²) in [6.45, 7) is 1.43. The third-order valence-electron chi connectivity index (χ3n) is 1.81. The summed E-state index contributed by atoms with van der Waals surface area (Å²) in [7, 11) is 0. The van der Waals surface area contributed by atoms with Gasteiger partial charge in [-0.2, -0.15) is 18.6 Å². The van der Waals surface area contributed by atoms with E-state index in [1.54, 1.807) is 0 Å². The van der Waals surface area contributed by atoms with Crippen molar-refractivity contribution in [2.24, 2.45) is 10.1 Å². The van der Waals surface area contributed by atoms with E-state index < -0.39 is 11.9 Å². The molecule has 0 saturated carbocycles. The molecule has 2 aliphatic rings. The van der Waals surface area contributed by atoms with E-state index in [1.165, 1.54) is 13.3 Å². The number of rotatable bonds is 1. The van der Waals surface area contributed by atoms with Crippen molar-refractivity contribution in [1.82, 2.24) is 10.5 Å². The molecule has 2 heterocycles. The third-order valence-corrected chi connectivity index (χ3v) is 1.81. The highest BCUT2D eigenvalue weighted by Gasteiger charge is 2.44. The van der Waals surface area contributed by atoms with Gasteiger partial charge in [0.15, 0.2) is 12.4 Å². The van der Waals surface area contributed by atoms with Crippen LogP contribution in [0, 0.1) is 0 Å². The number of hydrogen-bond donors (Lipinski definition) is 0. The molecule has 0 aromatic rings. The van der Waals surface area contributed by atoms with Crippen molar-refractivity contribution >= 4 is 12.1 Å². The second kappa shape index (κ2) is 3.23. The highest BCUT2D eigenvalue weighted by molar-refractivity contribution is 6.06. The molecule has 5 nitrogen and oxygen atoms in total. The summed E-state index contributed by atoms with van der Waals surface area (Å²) in [6, 6.07) is 0. The first-order chi connectivity index (χ1) is 7.00. The molecule has 15 heavy (non-hydrogen) atoms. The molecular weight excluding hydrogens is 213 g/mol. The van der Waals surface area contributed by atoms with Crippen LogP contribution in [-0.4, -0.2) is 30.0 Å². The third kappa shape index (κ3) is 1.67. The maximum Gasteiger partial charge on any atom is 0.437 e. The van der Waals surface area contributed by atoms with Gasteiger partial charge in [-0.05, 0) is 6.92 Å². The van der Waals surface area contributed by atoms with Gasteiger partial charge in [-0.1, -0.05) is 0 Å². The first kappa shape index (κ1) is 9.97. The zero-order valence-corrected chi connectivity index (χ0v) is 7.62. The topological polar surface area (TPSA) is 51.3 Å². The standard InChI is InChI=1S/C7H6F3N4O/c1-4-5(14-2-11-3-15-14)6(13-12-4)7(8,9)10/h2H,3H2,1H3. The Labute approximate surface area is 82.9 Å². The number of alkyl halides is 3. The van der Waals surface area contributed by atoms with Crippen molar-refractivity contribution in [3.05, 3.63) is 11.4 Å². The summed E-state index contributed by atoms with van der Waals surface area (Å²) in [4.78, 5) is 8.49. The molecule has 2 aliphatic heterocycles. The van der Waals surface area contributed by atoms with Crippen LogP contribution < -0.4 is 5.43 Å². The summed E-state index contributed by atoms with van der Waals surface area (Å²) in [6.07, 6.45) is -3.38. The molecule has 0 aromatic carbocycles. The molecule has 8 heteroatoms. The lowest BCUT2D eigenvalue weighted by Crippen LogP contribution is -2.32. The van der Waals surface area contributed by atoms with Gasteiger partial charge in [-0.3, -0.25) is 0 Å². The molecule has 1 radical (unpaired) electrons. The minimum Gasteiger partial charge on any atom is -0.244 e. The quantitative estimate of drug-likeness (QED) is 0.660. The molecule has 0 spiro atoms. The highest BCUT2D eigenvalue weighted by Crippen LogP contribution is 2.29. The normalized spacial score (nSPS) is 21.1. The number of nitrogens with zero attached hydrogens (tertiary/aromatic N) is 4. The molecule has 0 amide bonds. The van der Waals surface area contributed by atoms with Crippen LogP contribution in [0.25, 0.3) is 0 Å². The second-order valence-corrected chi connectivity index (χ2v) is 2.86. The number of hydrogen-bond acceptors (Lipinski definition) is 4. The minimum atomic E-state index is -4.55. The van der Waals surface area contributed by atoms with Gasteiger partial charge in [0.25, 0.3) is 0 Å². The summed E-state index contributed by atoms with van der Waals surface area (Å²) >= 11 is 0. The van der Waals surface area contributed by atoms with Gasteiger partial charge in [0.1, 0.15) is 12.0 Å². The molecular formula is C7H6F3N4O. The fourth-order valence-corrected chi connectivity index (χ4v) is 1.20.